The summed E-state index contributed by atoms with van der Waals surface area (Å²) in [5.74, 6) is -0.834. The van der Waals surface area contributed by atoms with Crippen LogP contribution in [0, 0.1) is 12.7 Å². The number of aryl methyl sites for hydroxylation is 2. The molecule has 0 atom stereocenters. The van der Waals surface area contributed by atoms with Gasteiger partial charge in [0.25, 0.3) is 5.91 Å². The molecule has 1 aromatic carbocycles. The van der Waals surface area contributed by atoms with Crippen LogP contribution < -0.4 is 5.32 Å². The van der Waals surface area contributed by atoms with Crippen molar-refractivity contribution in [2.24, 2.45) is 7.05 Å². The Hall–Kier alpha value is -1.88. The Labute approximate surface area is 108 Å². The van der Waals surface area contributed by atoms with Gasteiger partial charge in [-0.3, -0.25) is 9.48 Å². The molecule has 1 amide bonds. The number of aromatic nitrogens is 2. The number of nitrogens with zero attached hydrogens (tertiary/aromatic N) is 2. The number of rotatable bonds is 2. The maximum atomic E-state index is 12.9. The Bertz CT molecular complexity index is 590. The van der Waals surface area contributed by atoms with Gasteiger partial charge in [0.2, 0.25) is 0 Å². The molecule has 0 bridgehead atoms. The quantitative estimate of drug-likeness (QED) is 0.909. The van der Waals surface area contributed by atoms with Gasteiger partial charge in [-0.25, -0.2) is 4.39 Å². The van der Waals surface area contributed by atoms with E-state index in [-0.39, 0.29) is 16.6 Å². The zero-order chi connectivity index (χ0) is 13.3. The molecule has 4 nitrogen and oxygen atoms in total. The average molecular weight is 268 g/mol. The first-order valence-corrected chi connectivity index (χ1v) is 5.62. The Morgan fingerprint density at radius 1 is 1.44 bits per heavy atom. The Balaban J connectivity index is 2.21. The summed E-state index contributed by atoms with van der Waals surface area (Å²) in [6.45, 7) is 1.84. The van der Waals surface area contributed by atoms with Gasteiger partial charge in [-0.05, 0) is 31.2 Å². The van der Waals surface area contributed by atoms with E-state index in [4.69, 9.17) is 11.6 Å². The van der Waals surface area contributed by atoms with Crippen LogP contribution in [0.3, 0.4) is 0 Å². The smallest absolute Gasteiger partial charge is 0.276 e. The summed E-state index contributed by atoms with van der Waals surface area (Å²) in [5.41, 5.74) is 1.51. The summed E-state index contributed by atoms with van der Waals surface area (Å²) < 4.78 is 14.4. The SMILES string of the molecule is Cc1cc(C(=O)Nc2ccc(F)cc2Cl)nn1C. The predicted octanol–water partition coefficient (Wildman–Crippen LogP) is 2.77. The molecule has 2 aromatic rings. The van der Waals surface area contributed by atoms with Crippen molar-refractivity contribution in [2.75, 3.05) is 5.32 Å². The lowest BCUT2D eigenvalue weighted by molar-refractivity contribution is 0.102. The van der Waals surface area contributed by atoms with E-state index in [0.29, 0.717) is 5.69 Å². The van der Waals surface area contributed by atoms with Gasteiger partial charge in [-0.15, -0.1) is 0 Å². The van der Waals surface area contributed by atoms with Gasteiger partial charge in [0.15, 0.2) is 5.69 Å². The molecule has 0 radical (unpaired) electrons. The fraction of sp³-hybridized carbons (Fsp3) is 0.167. The molecule has 0 fully saturated rings. The van der Waals surface area contributed by atoms with Crippen molar-refractivity contribution in [3.8, 4) is 0 Å². The maximum Gasteiger partial charge on any atom is 0.276 e. The van der Waals surface area contributed by atoms with Crippen LogP contribution in [-0.2, 0) is 7.05 Å². The molecule has 0 saturated carbocycles. The highest BCUT2D eigenvalue weighted by Gasteiger charge is 2.12. The van der Waals surface area contributed by atoms with Crippen LogP contribution in [-0.4, -0.2) is 15.7 Å². The van der Waals surface area contributed by atoms with Gasteiger partial charge in [0, 0.05) is 12.7 Å². The zero-order valence-electron chi connectivity index (χ0n) is 9.87. The highest BCUT2D eigenvalue weighted by Crippen LogP contribution is 2.22. The second-order valence-corrected chi connectivity index (χ2v) is 4.28. The average Bonchev–Trinajstić information content (AvgIpc) is 2.63. The molecule has 0 aliphatic carbocycles. The van der Waals surface area contributed by atoms with Crippen LogP contribution >= 0.6 is 11.6 Å². The van der Waals surface area contributed by atoms with Crippen molar-refractivity contribution in [1.82, 2.24) is 9.78 Å². The van der Waals surface area contributed by atoms with Crippen molar-refractivity contribution in [3.63, 3.8) is 0 Å². The number of hydrogen-bond donors (Lipinski definition) is 1. The van der Waals surface area contributed by atoms with Gasteiger partial charge < -0.3 is 5.32 Å². The highest BCUT2D eigenvalue weighted by molar-refractivity contribution is 6.33. The van der Waals surface area contributed by atoms with Crippen molar-refractivity contribution in [1.29, 1.82) is 0 Å². The van der Waals surface area contributed by atoms with E-state index < -0.39 is 5.82 Å². The lowest BCUT2D eigenvalue weighted by Crippen LogP contribution is -2.13. The molecule has 2 rings (SSSR count). The number of carbonyl (C=O) groups excluding carboxylic acids is 1. The summed E-state index contributed by atoms with van der Waals surface area (Å²) in [4.78, 5) is 11.9. The summed E-state index contributed by atoms with van der Waals surface area (Å²) >= 11 is 5.82. The molecule has 6 heteroatoms. The number of nitrogens with one attached hydrogen (secondary N) is 1. The third kappa shape index (κ3) is 2.51. The fourth-order valence-electron chi connectivity index (χ4n) is 1.45. The zero-order valence-corrected chi connectivity index (χ0v) is 10.6. The summed E-state index contributed by atoms with van der Waals surface area (Å²) in [7, 11) is 1.75. The first kappa shape index (κ1) is 12.6. The van der Waals surface area contributed by atoms with Crippen LogP contribution in [0.1, 0.15) is 16.2 Å². The minimum Gasteiger partial charge on any atom is -0.319 e. The molecule has 1 N–H and O–H groups in total. The summed E-state index contributed by atoms with van der Waals surface area (Å²) in [5, 5.41) is 6.77. The minimum absolute atomic E-state index is 0.149. The van der Waals surface area contributed by atoms with E-state index in [0.717, 1.165) is 11.8 Å². The van der Waals surface area contributed by atoms with E-state index in [1.807, 2.05) is 6.92 Å². The lowest BCUT2D eigenvalue weighted by Gasteiger charge is -2.05. The van der Waals surface area contributed by atoms with E-state index in [1.54, 1.807) is 17.8 Å². The molecule has 0 aliphatic rings. The van der Waals surface area contributed by atoms with E-state index in [9.17, 15) is 9.18 Å². The van der Waals surface area contributed by atoms with Gasteiger partial charge >= 0.3 is 0 Å². The Morgan fingerprint density at radius 2 is 2.17 bits per heavy atom. The number of amides is 1. The topological polar surface area (TPSA) is 46.9 Å². The first-order valence-electron chi connectivity index (χ1n) is 5.24. The Morgan fingerprint density at radius 3 is 2.72 bits per heavy atom. The summed E-state index contributed by atoms with van der Waals surface area (Å²) in [6, 6.07) is 5.43. The second kappa shape index (κ2) is 4.78. The predicted molar refractivity (Wildman–Crippen MR) is 67.3 cm³/mol. The van der Waals surface area contributed by atoms with Crippen molar-refractivity contribution in [3.05, 3.63) is 46.5 Å². The standard InChI is InChI=1S/C12H11ClFN3O/c1-7-5-11(16-17(7)2)12(18)15-10-4-3-8(14)6-9(10)13/h3-6H,1-2H3,(H,15,18). The molecular weight excluding hydrogens is 257 g/mol. The number of carbonyl (C=O) groups is 1. The third-order valence-corrected chi connectivity index (χ3v) is 2.84. The molecule has 18 heavy (non-hydrogen) atoms. The molecule has 0 unspecified atom stereocenters. The van der Waals surface area contributed by atoms with Crippen LogP contribution in [0.5, 0.6) is 0 Å². The van der Waals surface area contributed by atoms with Crippen molar-refractivity contribution in [2.45, 2.75) is 6.92 Å². The van der Waals surface area contributed by atoms with Gasteiger partial charge in [-0.1, -0.05) is 11.6 Å². The lowest BCUT2D eigenvalue weighted by atomic mass is 10.3. The number of hydrogen-bond acceptors (Lipinski definition) is 2. The van der Waals surface area contributed by atoms with E-state index in [2.05, 4.69) is 10.4 Å². The number of anilines is 1. The first-order chi connectivity index (χ1) is 8.47. The van der Waals surface area contributed by atoms with E-state index >= 15 is 0 Å². The van der Waals surface area contributed by atoms with Crippen molar-refractivity contribution >= 4 is 23.2 Å². The molecule has 1 aromatic heterocycles. The number of halogens is 2. The third-order valence-electron chi connectivity index (χ3n) is 2.53. The van der Waals surface area contributed by atoms with Crippen molar-refractivity contribution < 1.29 is 9.18 Å². The molecule has 0 saturated heterocycles. The molecule has 1 heterocycles. The highest BCUT2D eigenvalue weighted by atomic mass is 35.5. The van der Waals surface area contributed by atoms with E-state index in [1.165, 1.54) is 12.1 Å². The Kier molecular flexibility index (Phi) is 3.34. The molecular formula is C12H11ClFN3O. The molecule has 0 spiro atoms. The minimum atomic E-state index is -0.452. The largest absolute Gasteiger partial charge is 0.319 e. The monoisotopic (exact) mass is 267 g/mol. The number of benzene rings is 1. The normalized spacial score (nSPS) is 10.4. The summed E-state index contributed by atoms with van der Waals surface area (Å²) in [6.07, 6.45) is 0. The molecule has 94 valence electrons. The van der Waals surface area contributed by atoms with Crippen LogP contribution in [0.15, 0.2) is 24.3 Å². The van der Waals surface area contributed by atoms with Crippen LogP contribution in [0.2, 0.25) is 5.02 Å². The van der Waals surface area contributed by atoms with Gasteiger partial charge in [0.05, 0.1) is 10.7 Å². The maximum absolute atomic E-state index is 12.9. The fourth-order valence-corrected chi connectivity index (χ4v) is 1.66. The van der Waals surface area contributed by atoms with Crippen LogP contribution in [0.25, 0.3) is 0 Å². The second-order valence-electron chi connectivity index (χ2n) is 3.87. The van der Waals surface area contributed by atoms with Gasteiger partial charge in [-0.2, -0.15) is 5.10 Å². The van der Waals surface area contributed by atoms with Crippen LogP contribution in [0.4, 0.5) is 10.1 Å². The van der Waals surface area contributed by atoms with Gasteiger partial charge in [0.1, 0.15) is 5.82 Å². The molecule has 0 aliphatic heterocycles.